The summed E-state index contributed by atoms with van der Waals surface area (Å²) in [6.45, 7) is 21.1. The van der Waals surface area contributed by atoms with Crippen LogP contribution in [0.15, 0.2) is 12.2 Å². The number of esters is 1. The highest BCUT2D eigenvalue weighted by Crippen LogP contribution is 2.42. The van der Waals surface area contributed by atoms with Crippen LogP contribution in [0.25, 0.3) is 0 Å². The molecule has 13 heteroatoms. The molecule has 4 unspecified atom stereocenters. The minimum atomic E-state index is -4.39. The fraction of sp³-hybridized carbons (Fsp3) is 0.897. The lowest BCUT2D eigenvalue weighted by atomic mass is 10.2. The first-order valence-corrected chi connectivity index (χ1v) is 24.0. The minimum Gasteiger partial charge on any atom is -0.462 e. The van der Waals surface area contributed by atoms with Crippen LogP contribution >= 0.6 is 0 Å². The molecule has 0 rings (SSSR count). The Morgan fingerprint density at radius 3 is 1.81 bits per heavy atom. The molecule has 250 valence electrons. The molecule has 0 bridgehead atoms. The first-order chi connectivity index (χ1) is 19.0. The fourth-order valence-electron chi connectivity index (χ4n) is 5.44. The van der Waals surface area contributed by atoms with Crippen LogP contribution in [-0.2, 0) is 18.4 Å². The third-order valence-corrected chi connectivity index (χ3v) is 21.4. The Morgan fingerprint density at radius 1 is 0.810 bits per heavy atom. The molecule has 0 N–H and O–H groups in total. The van der Waals surface area contributed by atoms with Crippen LogP contribution in [0.2, 0.25) is 50.4 Å². The predicted octanol–water partition coefficient (Wildman–Crippen LogP) is 10.5. The lowest BCUT2D eigenvalue weighted by Crippen LogP contribution is -2.64. The maximum atomic E-state index is 13.6. The van der Waals surface area contributed by atoms with Gasteiger partial charge in [-0.25, -0.2) is 4.79 Å². The molecule has 42 heavy (non-hydrogen) atoms. The number of hydrogen-bond acceptors (Lipinski definition) is 4. The highest BCUT2D eigenvalue weighted by molar-refractivity contribution is 6.82. The number of carbonyl (C=O) groups excluding carboxylic acids is 1. The van der Waals surface area contributed by atoms with E-state index in [1.807, 2.05) is 27.7 Å². The summed E-state index contributed by atoms with van der Waals surface area (Å²) in [6.07, 6.45) is -6.82. The van der Waals surface area contributed by atoms with Crippen molar-refractivity contribution in [1.82, 2.24) is 0 Å². The first-order valence-electron chi connectivity index (χ1n) is 15.3. The molecule has 0 saturated carbocycles. The van der Waals surface area contributed by atoms with Crippen LogP contribution in [0.4, 0.5) is 26.3 Å². The van der Waals surface area contributed by atoms with Crippen LogP contribution in [0, 0.1) is 0 Å². The van der Waals surface area contributed by atoms with Gasteiger partial charge in [0.05, 0.1) is 20.4 Å². The van der Waals surface area contributed by atoms with E-state index in [0.29, 0.717) is 37.3 Å². The lowest BCUT2D eigenvalue weighted by Gasteiger charge is -2.51. The summed E-state index contributed by atoms with van der Waals surface area (Å²) >= 11 is 0. The molecule has 0 saturated heterocycles. The smallest absolute Gasteiger partial charge is 0.388 e. The second-order valence-corrected chi connectivity index (χ2v) is 26.5. The van der Waals surface area contributed by atoms with Crippen molar-refractivity contribution < 1.29 is 44.7 Å². The van der Waals surface area contributed by atoms with Crippen LogP contribution in [-0.4, -0.2) is 60.6 Å². The molecule has 0 aromatic carbocycles. The summed E-state index contributed by atoms with van der Waals surface area (Å²) in [5, 5.41) is -0.698. The van der Waals surface area contributed by atoms with Crippen molar-refractivity contribution in [3.8, 4) is 0 Å². The SMILES string of the molecule is C=C(C)C(=O)OCCC[Si](C)(C)C(C)(CCC)O[Si](C)(CCC(F)(F)F)C(CC)O[Si](C)(CCCC)CCC(F)(F)F. The van der Waals surface area contributed by atoms with Gasteiger partial charge in [-0.15, -0.1) is 0 Å². The van der Waals surface area contributed by atoms with E-state index in [9.17, 15) is 31.1 Å². The Labute approximate surface area is 253 Å². The van der Waals surface area contributed by atoms with Gasteiger partial charge in [0, 0.05) is 23.6 Å². The summed E-state index contributed by atoms with van der Waals surface area (Å²) in [7, 11) is -8.57. The molecule has 0 spiro atoms. The van der Waals surface area contributed by atoms with Crippen molar-refractivity contribution >= 4 is 30.7 Å². The Balaban J connectivity index is 6.38. The van der Waals surface area contributed by atoms with Crippen molar-refractivity contribution in [3.63, 3.8) is 0 Å². The number of unbranched alkanes of at least 4 members (excludes halogenated alkanes) is 1. The maximum Gasteiger partial charge on any atom is 0.388 e. The molecule has 0 fully saturated rings. The van der Waals surface area contributed by atoms with Gasteiger partial charge in [-0.1, -0.05) is 65.8 Å². The third-order valence-electron chi connectivity index (χ3n) is 8.52. The first kappa shape index (κ1) is 41.4. The molecule has 4 atom stereocenters. The van der Waals surface area contributed by atoms with Gasteiger partial charge in [0.1, 0.15) is 0 Å². The van der Waals surface area contributed by atoms with Gasteiger partial charge in [-0.3, -0.25) is 0 Å². The second-order valence-electron chi connectivity index (χ2n) is 13.1. The number of carbonyl (C=O) groups is 1. The zero-order valence-corrected chi connectivity index (χ0v) is 30.4. The quantitative estimate of drug-likeness (QED) is 0.0402. The van der Waals surface area contributed by atoms with Crippen molar-refractivity contribution in [2.24, 2.45) is 0 Å². The summed E-state index contributed by atoms with van der Waals surface area (Å²) in [5.74, 6) is -0.460. The molecule has 0 radical (unpaired) electrons. The molecule has 0 amide bonds. The highest BCUT2D eigenvalue weighted by atomic mass is 28.4. The van der Waals surface area contributed by atoms with Gasteiger partial charge >= 0.3 is 18.3 Å². The summed E-state index contributed by atoms with van der Waals surface area (Å²) in [5.41, 5.74) is -0.341. The van der Waals surface area contributed by atoms with Crippen LogP contribution in [0.5, 0.6) is 0 Å². The highest BCUT2D eigenvalue weighted by Gasteiger charge is 2.53. The molecule has 0 aromatic heterocycles. The van der Waals surface area contributed by atoms with Gasteiger partial charge in [0.2, 0.25) is 8.32 Å². The van der Waals surface area contributed by atoms with Gasteiger partial charge in [-0.2, -0.15) is 26.3 Å². The zero-order chi connectivity index (χ0) is 33.0. The van der Waals surface area contributed by atoms with Gasteiger partial charge < -0.3 is 13.6 Å². The molecular weight excluding hydrogens is 611 g/mol. The maximum absolute atomic E-state index is 13.6. The van der Waals surface area contributed by atoms with Crippen LogP contribution < -0.4 is 0 Å². The van der Waals surface area contributed by atoms with Crippen molar-refractivity contribution in [3.05, 3.63) is 12.2 Å². The van der Waals surface area contributed by atoms with E-state index >= 15 is 0 Å². The number of hydrogen-bond donors (Lipinski definition) is 0. The molecular formula is C29H56F6O4Si3. The van der Waals surface area contributed by atoms with Crippen LogP contribution in [0.1, 0.15) is 86.0 Å². The van der Waals surface area contributed by atoms with E-state index < -0.39 is 66.8 Å². The fourth-order valence-corrected chi connectivity index (χ4v) is 18.2. The minimum absolute atomic E-state index is 0.119. The van der Waals surface area contributed by atoms with E-state index in [-0.39, 0.29) is 18.7 Å². The summed E-state index contributed by atoms with van der Waals surface area (Å²) in [4.78, 5) is 11.8. The number of alkyl halides is 6. The van der Waals surface area contributed by atoms with Crippen molar-refractivity contribution in [2.45, 2.75) is 160 Å². The van der Waals surface area contributed by atoms with Gasteiger partial charge in [0.15, 0.2) is 8.32 Å². The second kappa shape index (κ2) is 17.2. The van der Waals surface area contributed by atoms with Crippen molar-refractivity contribution in [1.29, 1.82) is 0 Å². The lowest BCUT2D eigenvalue weighted by molar-refractivity contribution is -0.139. The molecule has 0 aliphatic heterocycles. The molecule has 0 aliphatic rings. The number of halogens is 6. The largest absolute Gasteiger partial charge is 0.462 e. The topological polar surface area (TPSA) is 44.8 Å². The van der Waals surface area contributed by atoms with E-state index in [2.05, 4.69) is 19.7 Å². The molecule has 4 nitrogen and oxygen atoms in total. The van der Waals surface area contributed by atoms with E-state index in [0.717, 1.165) is 18.9 Å². The third kappa shape index (κ3) is 14.9. The number of rotatable bonds is 21. The predicted molar refractivity (Wildman–Crippen MR) is 166 cm³/mol. The molecule has 0 aromatic rings. The Kier molecular flexibility index (Phi) is 16.9. The Bertz CT molecular complexity index is 839. The standard InChI is InChI=1S/C29H56F6O4Si3/c1-11-14-21-41(9,22-17-28(30,31)32)38-25(13-3)42(10,23-18-29(33,34)35)39-27(6,16-12-2)40(7,8)20-15-19-37-26(36)24(4)5/h25H,4,11-23H2,1-3,5-10H3. The zero-order valence-electron chi connectivity index (χ0n) is 27.4. The Hall–Kier alpha value is -0.639. The average Bonchev–Trinajstić information content (AvgIpc) is 2.85. The Morgan fingerprint density at radius 2 is 1.36 bits per heavy atom. The molecule has 0 aliphatic carbocycles. The van der Waals surface area contributed by atoms with Crippen molar-refractivity contribution in [2.75, 3.05) is 6.61 Å². The van der Waals surface area contributed by atoms with E-state index in [4.69, 9.17) is 13.6 Å². The molecule has 0 heterocycles. The van der Waals surface area contributed by atoms with E-state index in [1.54, 1.807) is 20.0 Å². The number of ether oxygens (including phenoxy) is 1. The normalized spacial score (nSPS) is 18.1. The summed E-state index contributed by atoms with van der Waals surface area (Å²) in [6, 6.07) is 0.913. The summed E-state index contributed by atoms with van der Waals surface area (Å²) < 4.78 is 99.6. The average molecular weight is 667 g/mol. The van der Waals surface area contributed by atoms with Gasteiger partial charge in [0.25, 0.3) is 0 Å². The van der Waals surface area contributed by atoms with Crippen LogP contribution in [0.3, 0.4) is 0 Å². The monoisotopic (exact) mass is 666 g/mol. The van der Waals surface area contributed by atoms with Gasteiger partial charge in [-0.05, 0) is 64.3 Å². The van der Waals surface area contributed by atoms with E-state index in [1.165, 1.54) is 0 Å².